The van der Waals surface area contributed by atoms with Crippen LogP contribution >= 0.6 is 0 Å². The quantitative estimate of drug-likeness (QED) is 0.0262. The second-order valence-corrected chi connectivity index (χ2v) is 18.1. The van der Waals surface area contributed by atoms with E-state index in [1.807, 2.05) is 6.08 Å². The predicted molar refractivity (Wildman–Crippen MR) is 293 cm³/mol. The van der Waals surface area contributed by atoms with Crippen molar-refractivity contribution >= 4 is 17.9 Å². The van der Waals surface area contributed by atoms with Gasteiger partial charge in [-0.2, -0.15) is 0 Å². The fraction of sp³-hybridized carbons (Fsp3) is 0.661. The Kier molecular flexibility index (Phi) is 52.4. The molecule has 0 spiro atoms. The highest BCUT2D eigenvalue weighted by atomic mass is 16.6. The maximum atomic E-state index is 12.8. The van der Waals surface area contributed by atoms with Gasteiger partial charge in [0.1, 0.15) is 13.2 Å². The Labute approximate surface area is 419 Å². The topological polar surface area (TPSA) is 78.9 Å². The Hall–Kier alpha value is -3.93. The second kappa shape index (κ2) is 55.7. The molecule has 0 aromatic rings. The van der Waals surface area contributed by atoms with E-state index in [4.69, 9.17) is 14.2 Å². The first-order chi connectivity index (χ1) is 33.5. The zero-order chi connectivity index (χ0) is 49.3. The van der Waals surface area contributed by atoms with E-state index in [2.05, 4.69) is 124 Å². The van der Waals surface area contributed by atoms with Crippen molar-refractivity contribution in [2.75, 3.05) is 13.2 Å². The lowest BCUT2D eigenvalue weighted by Crippen LogP contribution is -2.30. The summed E-state index contributed by atoms with van der Waals surface area (Å²) < 4.78 is 16.8. The summed E-state index contributed by atoms with van der Waals surface area (Å²) in [5.41, 5.74) is 0. The second-order valence-electron chi connectivity index (χ2n) is 18.1. The SMILES string of the molecule is CC/C=C/C/C=C/C/C=C/C/C=C/C/C=C/C/C=C/CCC(=O)OC[C@@H](COC(=O)CCCCCCC/C=C/CCCCCCC)OC(=O)CCCCCCCCC/C=C/C/C=C/CCCCC. The maximum absolute atomic E-state index is 12.8. The van der Waals surface area contributed by atoms with E-state index >= 15 is 0 Å². The summed E-state index contributed by atoms with van der Waals surface area (Å²) in [5, 5.41) is 0. The fourth-order valence-corrected chi connectivity index (χ4v) is 7.32. The van der Waals surface area contributed by atoms with Crippen molar-refractivity contribution in [3.8, 4) is 0 Å². The standard InChI is InChI=1S/C62H102O6/c1-4-7-10-13-16-19-22-25-28-30-31-33-34-37-40-43-46-49-52-55-61(64)67-58-59(57-66-60(63)54-51-48-45-42-39-36-27-24-21-18-15-12-9-6-3)68-62(65)56-53-50-47-44-41-38-35-32-29-26-23-20-17-14-11-8-5-2/h7,10,16-17,19-20,24-29,31,33,37,40,46,49,59H,4-6,8-9,11-15,18,21-23,30,32,34-36,38-39,41-45,47-48,50-58H2,1-3H3/b10-7+,19-16+,20-17+,27-24+,28-25+,29-26+,33-31+,40-37+,49-46+/t59-/m1/s1. The molecule has 0 unspecified atom stereocenters. The molecule has 0 N–H and O–H groups in total. The zero-order valence-electron chi connectivity index (χ0n) is 44.1. The Morgan fingerprint density at radius 3 is 1.03 bits per heavy atom. The van der Waals surface area contributed by atoms with Gasteiger partial charge in [-0.1, -0.05) is 220 Å². The molecule has 1 atom stereocenters. The molecule has 0 bridgehead atoms. The van der Waals surface area contributed by atoms with Crippen molar-refractivity contribution < 1.29 is 28.6 Å². The molecule has 0 aliphatic carbocycles. The molecule has 0 fully saturated rings. The smallest absolute Gasteiger partial charge is 0.306 e. The third-order valence-corrected chi connectivity index (χ3v) is 11.5. The summed E-state index contributed by atoms with van der Waals surface area (Å²) in [6.07, 6.45) is 75.1. The molecule has 6 nitrogen and oxygen atoms in total. The zero-order valence-corrected chi connectivity index (χ0v) is 44.1. The van der Waals surface area contributed by atoms with Crippen LogP contribution in [0, 0.1) is 0 Å². The largest absolute Gasteiger partial charge is 0.462 e. The van der Waals surface area contributed by atoms with Gasteiger partial charge in [-0.15, -0.1) is 0 Å². The van der Waals surface area contributed by atoms with Crippen molar-refractivity contribution in [3.63, 3.8) is 0 Å². The maximum Gasteiger partial charge on any atom is 0.306 e. The first kappa shape index (κ1) is 64.1. The highest BCUT2D eigenvalue weighted by Crippen LogP contribution is 2.13. The monoisotopic (exact) mass is 943 g/mol. The summed E-state index contributed by atoms with van der Waals surface area (Å²) in [4.78, 5) is 38.1. The number of hydrogen-bond donors (Lipinski definition) is 0. The van der Waals surface area contributed by atoms with Crippen molar-refractivity contribution in [1.82, 2.24) is 0 Å². The van der Waals surface area contributed by atoms with E-state index < -0.39 is 6.10 Å². The Morgan fingerprint density at radius 2 is 0.603 bits per heavy atom. The summed E-state index contributed by atoms with van der Waals surface area (Å²) in [7, 11) is 0. The van der Waals surface area contributed by atoms with Crippen molar-refractivity contribution in [1.29, 1.82) is 0 Å². The fourth-order valence-electron chi connectivity index (χ4n) is 7.32. The van der Waals surface area contributed by atoms with Crippen molar-refractivity contribution in [3.05, 3.63) is 109 Å². The Bertz CT molecular complexity index is 1410. The van der Waals surface area contributed by atoms with Crippen LogP contribution < -0.4 is 0 Å². The van der Waals surface area contributed by atoms with Gasteiger partial charge in [-0.3, -0.25) is 14.4 Å². The number of unbranched alkanes of at least 4 members (excludes halogenated alkanes) is 20. The molecule has 68 heavy (non-hydrogen) atoms. The van der Waals surface area contributed by atoms with Crippen molar-refractivity contribution in [2.24, 2.45) is 0 Å². The van der Waals surface area contributed by atoms with Gasteiger partial charge in [0.2, 0.25) is 0 Å². The Balaban J connectivity index is 4.53. The van der Waals surface area contributed by atoms with Gasteiger partial charge < -0.3 is 14.2 Å². The molecule has 0 aromatic carbocycles. The van der Waals surface area contributed by atoms with E-state index in [1.54, 1.807) is 0 Å². The molecule has 386 valence electrons. The molecule has 6 heteroatoms. The molecule has 0 aliphatic rings. The van der Waals surface area contributed by atoms with Crippen LogP contribution in [0.15, 0.2) is 109 Å². The molecular weight excluding hydrogens is 841 g/mol. The van der Waals surface area contributed by atoms with Gasteiger partial charge in [0.25, 0.3) is 0 Å². The number of carbonyl (C=O) groups excluding carboxylic acids is 3. The summed E-state index contributed by atoms with van der Waals surface area (Å²) in [5.74, 6) is -1.01. The van der Waals surface area contributed by atoms with Crippen LogP contribution in [-0.2, 0) is 28.6 Å². The van der Waals surface area contributed by atoms with Crippen LogP contribution in [-0.4, -0.2) is 37.2 Å². The van der Waals surface area contributed by atoms with Gasteiger partial charge in [-0.05, 0) is 116 Å². The van der Waals surface area contributed by atoms with E-state index in [0.717, 1.165) is 103 Å². The van der Waals surface area contributed by atoms with Crippen LogP contribution in [0.5, 0.6) is 0 Å². The van der Waals surface area contributed by atoms with Gasteiger partial charge in [0, 0.05) is 19.3 Å². The van der Waals surface area contributed by atoms with Gasteiger partial charge >= 0.3 is 17.9 Å². The van der Waals surface area contributed by atoms with E-state index in [9.17, 15) is 14.4 Å². The average molecular weight is 943 g/mol. The number of hydrogen-bond acceptors (Lipinski definition) is 6. The predicted octanol–water partition coefficient (Wildman–Crippen LogP) is 18.7. The molecule has 0 amide bonds. The molecule has 0 rings (SSSR count). The molecule has 0 aromatic heterocycles. The first-order valence-corrected chi connectivity index (χ1v) is 27.9. The first-order valence-electron chi connectivity index (χ1n) is 27.9. The summed E-state index contributed by atoms with van der Waals surface area (Å²) >= 11 is 0. The lowest BCUT2D eigenvalue weighted by Gasteiger charge is -2.18. The highest BCUT2D eigenvalue weighted by Gasteiger charge is 2.19. The third kappa shape index (κ3) is 53.0. The van der Waals surface area contributed by atoms with Crippen LogP contribution in [0.25, 0.3) is 0 Å². The molecule has 0 heterocycles. The van der Waals surface area contributed by atoms with Crippen LogP contribution in [0.3, 0.4) is 0 Å². The van der Waals surface area contributed by atoms with E-state index in [1.165, 1.54) is 96.3 Å². The van der Waals surface area contributed by atoms with E-state index in [0.29, 0.717) is 19.3 Å². The minimum atomic E-state index is -0.818. The Morgan fingerprint density at radius 1 is 0.309 bits per heavy atom. The summed E-state index contributed by atoms with van der Waals surface area (Å²) in [6.45, 7) is 6.41. The average Bonchev–Trinajstić information content (AvgIpc) is 3.34. The summed E-state index contributed by atoms with van der Waals surface area (Å²) in [6, 6.07) is 0. The molecule has 0 aliphatic heterocycles. The third-order valence-electron chi connectivity index (χ3n) is 11.5. The van der Waals surface area contributed by atoms with E-state index in [-0.39, 0.29) is 37.5 Å². The number of carbonyl (C=O) groups is 3. The minimum Gasteiger partial charge on any atom is -0.462 e. The normalized spacial score (nSPS) is 12.9. The molecule has 0 saturated carbocycles. The number of rotatable bonds is 49. The highest BCUT2D eigenvalue weighted by molar-refractivity contribution is 5.71. The lowest BCUT2D eigenvalue weighted by atomic mass is 10.1. The molecule has 0 radical (unpaired) electrons. The molecule has 0 saturated heterocycles. The van der Waals surface area contributed by atoms with Crippen LogP contribution in [0.2, 0.25) is 0 Å². The number of esters is 3. The van der Waals surface area contributed by atoms with Crippen LogP contribution in [0.1, 0.15) is 245 Å². The van der Waals surface area contributed by atoms with Gasteiger partial charge in [0.05, 0.1) is 0 Å². The minimum absolute atomic E-state index is 0.110. The van der Waals surface area contributed by atoms with Crippen LogP contribution in [0.4, 0.5) is 0 Å². The number of allylic oxidation sites excluding steroid dienone is 18. The number of ether oxygens (including phenoxy) is 3. The molecular formula is C62H102O6. The van der Waals surface area contributed by atoms with Gasteiger partial charge in [0.15, 0.2) is 6.10 Å². The lowest BCUT2D eigenvalue weighted by molar-refractivity contribution is -0.166. The van der Waals surface area contributed by atoms with Gasteiger partial charge in [-0.25, -0.2) is 0 Å². The van der Waals surface area contributed by atoms with Crippen molar-refractivity contribution in [2.45, 2.75) is 252 Å².